The molecule has 2 atom stereocenters. The number of halogens is 1. The SMILES string of the molecule is CC1CN(S(=O)(=O)c2ccc(Cl)nc2)CC(C)S1. The lowest BCUT2D eigenvalue weighted by Gasteiger charge is -2.33. The number of nitrogens with zero attached hydrogens (tertiary/aromatic N) is 2. The minimum Gasteiger partial charge on any atom is -0.243 e. The van der Waals surface area contributed by atoms with Crippen LogP contribution in [0.25, 0.3) is 0 Å². The maximum Gasteiger partial charge on any atom is 0.244 e. The van der Waals surface area contributed by atoms with Crippen molar-refractivity contribution >= 4 is 33.4 Å². The van der Waals surface area contributed by atoms with E-state index in [4.69, 9.17) is 11.6 Å². The Bertz CT molecular complexity index is 508. The molecule has 0 N–H and O–H groups in total. The molecular weight excluding hydrogens is 292 g/mol. The summed E-state index contributed by atoms with van der Waals surface area (Å²) in [7, 11) is -3.45. The Balaban J connectivity index is 2.28. The van der Waals surface area contributed by atoms with Crippen molar-refractivity contribution in [3.8, 4) is 0 Å². The fourth-order valence-electron chi connectivity index (χ4n) is 1.99. The molecule has 0 aromatic carbocycles. The van der Waals surface area contributed by atoms with E-state index < -0.39 is 10.0 Å². The van der Waals surface area contributed by atoms with E-state index in [1.807, 2.05) is 25.6 Å². The van der Waals surface area contributed by atoms with Crippen molar-refractivity contribution in [1.29, 1.82) is 0 Å². The molecule has 1 fully saturated rings. The molecule has 0 amide bonds. The number of aromatic nitrogens is 1. The summed E-state index contributed by atoms with van der Waals surface area (Å²) in [5.41, 5.74) is 0. The van der Waals surface area contributed by atoms with Crippen LogP contribution in [0, 0.1) is 0 Å². The van der Waals surface area contributed by atoms with Gasteiger partial charge in [-0.25, -0.2) is 13.4 Å². The highest BCUT2D eigenvalue weighted by molar-refractivity contribution is 8.00. The Morgan fingerprint density at radius 1 is 1.33 bits per heavy atom. The van der Waals surface area contributed by atoms with Gasteiger partial charge in [0.25, 0.3) is 0 Å². The maximum atomic E-state index is 12.4. The Morgan fingerprint density at radius 3 is 2.44 bits per heavy atom. The molecule has 0 bridgehead atoms. The third-order valence-corrected chi connectivity index (χ3v) is 5.99. The Morgan fingerprint density at radius 2 is 1.94 bits per heavy atom. The van der Waals surface area contributed by atoms with Gasteiger partial charge in [-0.2, -0.15) is 16.1 Å². The van der Waals surface area contributed by atoms with Crippen LogP contribution >= 0.6 is 23.4 Å². The molecule has 18 heavy (non-hydrogen) atoms. The van der Waals surface area contributed by atoms with Crippen LogP contribution in [0.15, 0.2) is 23.2 Å². The lowest BCUT2D eigenvalue weighted by Crippen LogP contribution is -2.43. The molecular formula is C11H15ClN2O2S2. The molecule has 0 aliphatic carbocycles. The highest BCUT2D eigenvalue weighted by Gasteiger charge is 2.32. The molecule has 0 saturated carbocycles. The van der Waals surface area contributed by atoms with Crippen molar-refractivity contribution in [2.75, 3.05) is 13.1 Å². The number of thioether (sulfide) groups is 1. The number of sulfonamides is 1. The Hall–Kier alpha value is -0.300. The zero-order valence-corrected chi connectivity index (χ0v) is 12.6. The van der Waals surface area contributed by atoms with Crippen molar-refractivity contribution in [1.82, 2.24) is 9.29 Å². The first-order valence-corrected chi connectivity index (χ1v) is 8.43. The largest absolute Gasteiger partial charge is 0.244 e. The first-order chi connectivity index (χ1) is 8.39. The highest BCUT2D eigenvalue weighted by atomic mass is 35.5. The van der Waals surface area contributed by atoms with E-state index >= 15 is 0 Å². The minimum atomic E-state index is -3.45. The van der Waals surface area contributed by atoms with Crippen molar-refractivity contribution in [3.63, 3.8) is 0 Å². The minimum absolute atomic E-state index is 0.207. The van der Waals surface area contributed by atoms with Gasteiger partial charge in [0.15, 0.2) is 0 Å². The highest BCUT2D eigenvalue weighted by Crippen LogP contribution is 2.28. The molecule has 2 unspecified atom stereocenters. The van der Waals surface area contributed by atoms with Gasteiger partial charge in [0, 0.05) is 29.8 Å². The lowest BCUT2D eigenvalue weighted by atomic mass is 10.4. The van der Waals surface area contributed by atoms with Gasteiger partial charge in [0.2, 0.25) is 10.0 Å². The molecule has 7 heteroatoms. The summed E-state index contributed by atoms with van der Waals surface area (Å²) < 4.78 is 26.4. The lowest BCUT2D eigenvalue weighted by molar-refractivity contribution is 0.404. The second-order valence-corrected chi connectivity index (χ2v) is 8.60. The van der Waals surface area contributed by atoms with E-state index in [1.165, 1.54) is 22.6 Å². The molecule has 1 aromatic rings. The van der Waals surface area contributed by atoms with E-state index in [0.717, 1.165) is 0 Å². The smallest absolute Gasteiger partial charge is 0.243 e. The molecule has 100 valence electrons. The average Bonchev–Trinajstić information content (AvgIpc) is 2.28. The molecule has 2 heterocycles. The van der Waals surface area contributed by atoms with E-state index in [1.54, 1.807) is 0 Å². The topological polar surface area (TPSA) is 50.3 Å². The molecule has 0 spiro atoms. The summed E-state index contributed by atoms with van der Waals surface area (Å²) in [6, 6.07) is 3.00. The van der Waals surface area contributed by atoms with Gasteiger partial charge in [-0.05, 0) is 12.1 Å². The second kappa shape index (κ2) is 5.36. The average molecular weight is 307 g/mol. The fraction of sp³-hybridized carbons (Fsp3) is 0.545. The van der Waals surface area contributed by atoms with Gasteiger partial charge in [0.1, 0.15) is 10.0 Å². The van der Waals surface area contributed by atoms with Gasteiger partial charge in [-0.1, -0.05) is 25.4 Å². The summed E-state index contributed by atoms with van der Waals surface area (Å²) in [5, 5.41) is 0.914. The third kappa shape index (κ3) is 2.99. The maximum absolute atomic E-state index is 12.4. The quantitative estimate of drug-likeness (QED) is 0.786. The van der Waals surface area contributed by atoms with E-state index in [-0.39, 0.29) is 4.90 Å². The molecule has 4 nitrogen and oxygen atoms in total. The van der Waals surface area contributed by atoms with Crippen LogP contribution in [0.2, 0.25) is 5.15 Å². The van der Waals surface area contributed by atoms with Gasteiger partial charge in [0.05, 0.1) is 0 Å². The molecule has 1 saturated heterocycles. The zero-order valence-electron chi connectivity index (χ0n) is 10.2. The van der Waals surface area contributed by atoms with E-state index in [2.05, 4.69) is 4.98 Å². The summed E-state index contributed by atoms with van der Waals surface area (Å²) in [4.78, 5) is 4.04. The Labute approximate surface area is 117 Å². The van der Waals surface area contributed by atoms with Crippen LogP contribution in [-0.2, 0) is 10.0 Å². The summed E-state index contributed by atoms with van der Waals surface area (Å²) >= 11 is 7.49. The van der Waals surface area contributed by atoms with E-state index in [9.17, 15) is 8.42 Å². The molecule has 1 aromatic heterocycles. The van der Waals surface area contributed by atoms with Crippen molar-refractivity contribution in [2.24, 2.45) is 0 Å². The predicted molar refractivity (Wildman–Crippen MR) is 74.5 cm³/mol. The second-order valence-electron chi connectivity index (χ2n) is 4.40. The molecule has 2 rings (SSSR count). The van der Waals surface area contributed by atoms with Gasteiger partial charge in [-0.3, -0.25) is 0 Å². The van der Waals surface area contributed by atoms with E-state index in [0.29, 0.717) is 28.7 Å². The molecule has 0 radical (unpaired) electrons. The third-order valence-electron chi connectivity index (χ3n) is 2.72. The van der Waals surface area contributed by atoms with Crippen LogP contribution < -0.4 is 0 Å². The molecule has 1 aliphatic heterocycles. The standard InChI is InChI=1S/C11H15ClN2O2S2/c1-8-6-14(7-9(2)17-8)18(15,16)10-3-4-11(12)13-5-10/h3-5,8-9H,6-7H2,1-2H3. The van der Waals surface area contributed by atoms with Gasteiger partial charge in [-0.15, -0.1) is 0 Å². The van der Waals surface area contributed by atoms with Crippen LogP contribution in [0.5, 0.6) is 0 Å². The molecule has 1 aliphatic rings. The fourth-order valence-corrected chi connectivity index (χ4v) is 5.18. The van der Waals surface area contributed by atoms with Crippen molar-refractivity contribution in [2.45, 2.75) is 29.2 Å². The summed E-state index contributed by atoms with van der Waals surface area (Å²) in [6.07, 6.45) is 1.31. The van der Waals surface area contributed by atoms with Crippen LogP contribution in [-0.4, -0.2) is 41.3 Å². The normalized spacial score (nSPS) is 26.2. The number of pyridine rings is 1. The van der Waals surface area contributed by atoms with Gasteiger partial charge >= 0.3 is 0 Å². The van der Waals surface area contributed by atoms with Crippen LogP contribution in [0.1, 0.15) is 13.8 Å². The number of hydrogen-bond donors (Lipinski definition) is 0. The van der Waals surface area contributed by atoms with Crippen molar-refractivity contribution in [3.05, 3.63) is 23.5 Å². The van der Waals surface area contributed by atoms with Gasteiger partial charge < -0.3 is 0 Å². The summed E-state index contributed by atoms with van der Waals surface area (Å²) in [5.74, 6) is 0. The monoisotopic (exact) mass is 306 g/mol. The summed E-state index contributed by atoms with van der Waals surface area (Å²) in [6.45, 7) is 5.17. The first-order valence-electron chi connectivity index (χ1n) is 5.67. The predicted octanol–water partition coefficient (Wildman–Crippen LogP) is 2.25. The van der Waals surface area contributed by atoms with Crippen molar-refractivity contribution < 1.29 is 8.42 Å². The van der Waals surface area contributed by atoms with Crippen LogP contribution in [0.3, 0.4) is 0 Å². The Kier molecular flexibility index (Phi) is 4.21. The first kappa shape index (κ1) is 14.1. The number of rotatable bonds is 2. The zero-order chi connectivity index (χ0) is 13.3. The number of hydrogen-bond acceptors (Lipinski definition) is 4. The van der Waals surface area contributed by atoms with Crippen LogP contribution in [0.4, 0.5) is 0 Å².